The van der Waals surface area contributed by atoms with Gasteiger partial charge in [0.25, 0.3) is 0 Å². The van der Waals surface area contributed by atoms with E-state index in [1.807, 2.05) is 7.05 Å². The number of benzene rings is 1. The molecule has 2 rings (SSSR count). The largest absolute Gasteiger partial charge is 0.394 e. The highest BCUT2D eigenvalue weighted by atomic mass is 16.3. The Balaban J connectivity index is 2.32. The van der Waals surface area contributed by atoms with Crippen molar-refractivity contribution < 1.29 is 5.11 Å². The summed E-state index contributed by atoms with van der Waals surface area (Å²) in [5.74, 6) is 0. The smallest absolute Gasteiger partial charge is 0.0635 e. The number of nitrogens with zero attached hydrogens (tertiary/aromatic N) is 1. The highest BCUT2D eigenvalue weighted by molar-refractivity contribution is 5.56. The van der Waals surface area contributed by atoms with E-state index < -0.39 is 0 Å². The van der Waals surface area contributed by atoms with Crippen molar-refractivity contribution in [2.45, 2.75) is 44.7 Å². The lowest BCUT2D eigenvalue weighted by atomic mass is 10.0. The van der Waals surface area contributed by atoms with Crippen LogP contribution < -0.4 is 10.2 Å². The molecule has 1 aromatic carbocycles. The molecule has 0 bridgehead atoms. The fourth-order valence-corrected chi connectivity index (χ4v) is 2.96. The van der Waals surface area contributed by atoms with Crippen LogP contribution in [0.1, 0.15) is 44.2 Å². The summed E-state index contributed by atoms with van der Waals surface area (Å²) < 4.78 is 0. The van der Waals surface area contributed by atoms with Gasteiger partial charge in [-0.1, -0.05) is 31.0 Å². The summed E-state index contributed by atoms with van der Waals surface area (Å²) in [5.41, 5.74) is 2.61. The Kier molecular flexibility index (Phi) is 5.23. The SMILES string of the molecule is CNC(C)c1ccccc1N1CCCCCC1CO. The summed E-state index contributed by atoms with van der Waals surface area (Å²) in [6, 6.07) is 9.18. The van der Waals surface area contributed by atoms with Gasteiger partial charge in [0.2, 0.25) is 0 Å². The minimum Gasteiger partial charge on any atom is -0.394 e. The molecule has 2 unspecified atom stereocenters. The molecule has 3 heteroatoms. The van der Waals surface area contributed by atoms with Crippen LogP contribution in [0.4, 0.5) is 5.69 Å². The predicted molar refractivity (Wildman–Crippen MR) is 80.6 cm³/mol. The second-order valence-electron chi connectivity index (χ2n) is 5.45. The van der Waals surface area contributed by atoms with Crippen molar-refractivity contribution in [1.29, 1.82) is 0 Å². The fraction of sp³-hybridized carbons (Fsp3) is 0.625. The molecular formula is C16H26N2O. The molecule has 106 valence electrons. The van der Waals surface area contributed by atoms with Crippen LogP contribution in [0.3, 0.4) is 0 Å². The van der Waals surface area contributed by atoms with E-state index in [2.05, 4.69) is 41.4 Å². The lowest BCUT2D eigenvalue weighted by molar-refractivity contribution is 0.255. The molecule has 19 heavy (non-hydrogen) atoms. The molecule has 0 amide bonds. The van der Waals surface area contributed by atoms with E-state index in [9.17, 15) is 5.11 Å². The van der Waals surface area contributed by atoms with Crippen molar-refractivity contribution in [2.24, 2.45) is 0 Å². The Hall–Kier alpha value is -1.06. The third-order valence-electron chi connectivity index (χ3n) is 4.23. The van der Waals surface area contributed by atoms with Gasteiger partial charge in [-0.05, 0) is 38.4 Å². The second kappa shape index (κ2) is 6.92. The van der Waals surface area contributed by atoms with Gasteiger partial charge in [-0.3, -0.25) is 0 Å². The first kappa shape index (κ1) is 14.4. The van der Waals surface area contributed by atoms with Crippen LogP contribution >= 0.6 is 0 Å². The van der Waals surface area contributed by atoms with E-state index in [1.54, 1.807) is 0 Å². The Morgan fingerprint density at radius 2 is 2.11 bits per heavy atom. The van der Waals surface area contributed by atoms with Crippen LogP contribution in [0.25, 0.3) is 0 Å². The number of hydrogen-bond donors (Lipinski definition) is 2. The second-order valence-corrected chi connectivity index (χ2v) is 5.45. The van der Waals surface area contributed by atoms with Crippen molar-refractivity contribution in [2.75, 3.05) is 25.1 Å². The van der Waals surface area contributed by atoms with Gasteiger partial charge < -0.3 is 15.3 Å². The molecule has 3 nitrogen and oxygen atoms in total. The topological polar surface area (TPSA) is 35.5 Å². The summed E-state index contributed by atoms with van der Waals surface area (Å²) in [4.78, 5) is 2.41. The molecule has 1 aromatic rings. The third kappa shape index (κ3) is 3.28. The molecule has 0 saturated carbocycles. The van der Waals surface area contributed by atoms with E-state index in [-0.39, 0.29) is 12.6 Å². The van der Waals surface area contributed by atoms with Gasteiger partial charge in [0.05, 0.1) is 12.6 Å². The van der Waals surface area contributed by atoms with Crippen molar-refractivity contribution in [3.63, 3.8) is 0 Å². The summed E-state index contributed by atoms with van der Waals surface area (Å²) in [6.07, 6.45) is 4.82. The van der Waals surface area contributed by atoms with Crippen molar-refractivity contribution in [3.05, 3.63) is 29.8 Å². The maximum Gasteiger partial charge on any atom is 0.0635 e. The summed E-state index contributed by atoms with van der Waals surface area (Å²) in [7, 11) is 1.99. The molecule has 0 spiro atoms. The first-order chi connectivity index (χ1) is 9.27. The Morgan fingerprint density at radius 1 is 1.32 bits per heavy atom. The van der Waals surface area contributed by atoms with Gasteiger partial charge >= 0.3 is 0 Å². The molecule has 0 aliphatic carbocycles. The lowest BCUT2D eigenvalue weighted by Crippen LogP contribution is -2.38. The van der Waals surface area contributed by atoms with Crippen molar-refractivity contribution in [1.82, 2.24) is 5.32 Å². The van der Waals surface area contributed by atoms with Crippen LogP contribution in [0.2, 0.25) is 0 Å². The molecular weight excluding hydrogens is 236 g/mol. The van der Waals surface area contributed by atoms with Gasteiger partial charge in [-0.15, -0.1) is 0 Å². The summed E-state index contributed by atoms with van der Waals surface area (Å²) >= 11 is 0. The minimum absolute atomic E-state index is 0.252. The van der Waals surface area contributed by atoms with E-state index in [1.165, 1.54) is 30.5 Å². The number of hydrogen-bond acceptors (Lipinski definition) is 3. The summed E-state index contributed by atoms with van der Waals surface area (Å²) in [6.45, 7) is 3.49. The maximum atomic E-state index is 9.68. The normalized spacial score (nSPS) is 22.1. The Morgan fingerprint density at radius 3 is 2.84 bits per heavy atom. The van der Waals surface area contributed by atoms with Crippen LogP contribution in [-0.4, -0.2) is 31.3 Å². The van der Waals surface area contributed by atoms with E-state index in [0.717, 1.165) is 13.0 Å². The van der Waals surface area contributed by atoms with Crippen LogP contribution in [-0.2, 0) is 0 Å². The molecule has 1 fully saturated rings. The number of rotatable bonds is 4. The molecule has 0 aromatic heterocycles. The monoisotopic (exact) mass is 262 g/mol. The highest BCUT2D eigenvalue weighted by Gasteiger charge is 2.23. The zero-order valence-electron chi connectivity index (χ0n) is 12.1. The lowest BCUT2D eigenvalue weighted by Gasteiger charge is -2.33. The van der Waals surface area contributed by atoms with E-state index in [4.69, 9.17) is 0 Å². The zero-order valence-corrected chi connectivity index (χ0v) is 12.1. The van der Waals surface area contributed by atoms with Crippen LogP contribution in [0, 0.1) is 0 Å². The van der Waals surface area contributed by atoms with Gasteiger partial charge in [0.1, 0.15) is 0 Å². The number of aliphatic hydroxyl groups excluding tert-OH is 1. The first-order valence-corrected chi connectivity index (χ1v) is 7.41. The maximum absolute atomic E-state index is 9.68. The van der Waals surface area contributed by atoms with E-state index in [0.29, 0.717) is 6.04 Å². The molecule has 1 saturated heterocycles. The molecule has 2 atom stereocenters. The van der Waals surface area contributed by atoms with Crippen LogP contribution in [0.5, 0.6) is 0 Å². The molecule has 2 N–H and O–H groups in total. The van der Waals surface area contributed by atoms with Crippen LogP contribution in [0.15, 0.2) is 24.3 Å². The van der Waals surface area contributed by atoms with Gasteiger partial charge in [-0.25, -0.2) is 0 Å². The Bertz CT molecular complexity index is 394. The van der Waals surface area contributed by atoms with E-state index >= 15 is 0 Å². The first-order valence-electron chi connectivity index (χ1n) is 7.41. The molecule has 1 aliphatic rings. The van der Waals surface area contributed by atoms with Crippen molar-refractivity contribution in [3.8, 4) is 0 Å². The number of aliphatic hydroxyl groups is 1. The third-order valence-corrected chi connectivity index (χ3v) is 4.23. The average molecular weight is 262 g/mol. The van der Waals surface area contributed by atoms with Gasteiger partial charge in [0.15, 0.2) is 0 Å². The predicted octanol–water partition coefficient (Wildman–Crippen LogP) is 2.71. The van der Waals surface area contributed by atoms with Crippen molar-refractivity contribution >= 4 is 5.69 Å². The Labute approximate surface area is 116 Å². The number of nitrogens with one attached hydrogen (secondary N) is 1. The highest BCUT2D eigenvalue weighted by Crippen LogP contribution is 2.30. The van der Waals surface area contributed by atoms with Gasteiger partial charge in [0, 0.05) is 18.3 Å². The molecule has 1 heterocycles. The quantitative estimate of drug-likeness (QED) is 0.876. The van der Waals surface area contributed by atoms with Gasteiger partial charge in [-0.2, -0.15) is 0 Å². The molecule has 0 radical (unpaired) electrons. The fourth-order valence-electron chi connectivity index (χ4n) is 2.96. The zero-order chi connectivity index (χ0) is 13.7. The molecule has 1 aliphatic heterocycles. The number of para-hydroxylation sites is 1. The number of anilines is 1. The average Bonchev–Trinajstić information content (AvgIpc) is 2.71. The summed E-state index contributed by atoms with van der Waals surface area (Å²) in [5, 5.41) is 13.0. The standard InChI is InChI=1S/C16H26N2O/c1-13(17-2)15-9-5-6-10-16(15)18-11-7-3-4-8-14(18)12-19/h5-6,9-10,13-14,17,19H,3-4,7-8,11-12H2,1-2H3. The minimum atomic E-state index is 0.252.